The first-order chi connectivity index (χ1) is 8.25. The molecular weight excluding hydrogens is 226 g/mol. The molecule has 0 N–H and O–H groups in total. The summed E-state index contributed by atoms with van der Waals surface area (Å²) in [6.07, 6.45) is 8.20. The molecule has 2 rings (SSSR count). The van der Waals surface area contributed by atoms with E-state index in [2.05, 4.69) is 48.4 Å². The molecule has 17 heavy (non-hydrogen) atoms. The predicted octanol–water partition coefficient (Wildman–Crippen LogP) is 3.71. The highest BCUT2D eigenvalue weighted by Gasteiger charge is 2.05. The Morgan fingerprint density at radius 3 is 2.41 bits per heavy atom. The average molecular weight is 245 g/mol. The molecular formula is C15H19NS. The highest BCUT2D eigenvalue weighted by molar-refractivity contribution is 7.81. The van der Waals surface area contributed by atoms with Crippen molar-refractivity contribution in [3.05, 3.63) is 47.7 Å². The Hall–Kier alpha value is -1.15. The van der Waals surface area contributed by atoms with Crippen LogP contribution in [-0.2, 0) is 0 Å². The molecule has 0 aliphatic carbocycles. The molecule has 0 amide bonds. The van der Waals surface area contributed by atoms with E-state index in [1.807, 2.05) is 0 Å². The van der Waals surface area contributed by atoms with Gasteiger partial charge < -0.3 is 4.90 Å². The lowest BCUT2D eigenvalue weighted by Crippen LogP contribution is -2.24. The third kappa shape index (κ3) is 3.67. The van der Waals surface area contributed by atoms with Crippen LogP contribution in [0.3, 0.4) is 0 Å². The molecule has 1 saturated heterocycles. The van der Waals surface area contributed by atoms with E-state index in [-0.39, 0.29) is 0 Å². The summed E-state index contributed by atoms with van der Waals surface area (Å²) in [6.45, 7) is 4.44. The van der Waals surface area contributed by atoms with Crippen LogP contribution in [0.1, 0.15) is 30.4 Å². The van der Waals surface area contributed by atoms with E-state index in [0.717, 1.165) is 10.4 Å². The molecule has 0 radical (unpaired) electrons. The van der Waals surface area contributed by atoms with Gasteiger partial charge in [0.25, 0.3) is 0 Å². The number of likely N-dealkylation sites (tertiary alicyclic amines) is 1. The Morgan fingerprint density at radius 1 is 1.12 bits per heavy atom. The Morgan fingerprint density at radius 2 is 1.76 bits per heavy atom. The molecule has 0 aromatic heterocycles. The first kappa shape index (κ1) is 12.3. The van der Waals surface area contributed by atoms with Crippen LogP contribution < -0.4 is 0 Å². The standard InChI is InChI=1S/C15H19NS/c1-13-5-7-14(8-6-13)15(17)9-12-16-10-3-2-4-11-16/h5-9,12H,2-4,10-11H2,1H3/b12-9+. The quantitative estimate of drug-likeness (QED) is 0.454. The fourth-order valence-corrected chi connectivity index (χ4v) is 2.25. The van der Waals surface area contributed by atoms with Crippen LogP contribution >= 0.6 is 12.2 Å². The van der Waals surface area contributed by atoms with Crippen molar-refractivity contribution in [3.63, 3.8) is 0 Å². The number of hydrogen-bond donors (Lipinski definition) is 0. The second-order valence-corrected chi connectivity index (χ2v) is 5.08. The molecule has 0 atom stereocenters. The molecule has 90 valence electrons. The molecule has 1 aliphatic heterocycles. The van der Waals surface area contributed by atoms with Gasteiger partial charge in [-0.25, -0.2) is 0 Å². The number of aryl methyl sites for hydroxylation is 1. The maximum absolute atomic E-state index is 5.42. The zero-order chi connectivity index (χ0) is 12.1. The van der Waals surface area contributed by atoms with Crippen LogP contribution in [-0.4, -0.2) is 22.9 Å². The summed E-state index contributed by atoms with van der Waals surface area (Å²) >= 11 is 5.42. The van der Waals surface area contributed by atoms with Gasteiger partial charge in [-0.1, -0.05) is 42.0 Å². The number of hydrogen-bond acceptors (Lipinski definition) is 2. The smallest absolute Gasteiger partial charge is 0.0463 e. The van der Waals surface area contributed by atoms with Gasteiger partial charge in [-0.05, 0) is 37.8 Å². The van der Waals surface area contributed by atoms with Crippen LogP contribution in [0.4, 0.5) is 0 Å². The molecule has 1 fully saturated rings. The van der Waals surface area contributed by atoms with Crippen LogP contribution in [0.5, 0.6) is 0 Å². The molecule has 1 aliphatic rings. The Balaban J connectivity index is 1.96. The van der Waals surface area contributed by atoms with Crippen LogP contribution in [0.25, 0.3) is 0 Å². The molecule has 0 bridgehead atoms. The van der Waals surface area contributed by atoms with Crippen molar-refractivity contribution >= 4 is 17.1 Å². The van der Waals surface area contributed by atoms with Crippen LogP contribution in [0.2, 0.25) is 0 Å². The van der Waals surface area contributed by atoms with Crippen molar-refractivity contribution < 1.29 is 0 Å². The summed E-state index contributed by atoms with van der Waals surface area (Å²) in [5, 5.41) is 0. The summed E-state index contributed by atoms with van der Waals surface area (Å²) in [6, 6.07) is 8.41. The van der Waals surface area contributed by atoms with E-state index in [0.29, 0.717) is 0 Å². The number of nitrogens with zero attached hydrogens (tertiary/aromatic N) is 1. The molecule has 1 heterocycles. The monoisotopic (exact) mass is 245 g/mol. The second-order valence-electron chi connectivity index (χ2n) is 4.64. The third-order valence-corrected chi connectivity index (χ3v) is 3.54. The van der Waals surface area contributed by atoms with Gasteiger partial charge in [0, 0.05) is 24.2 Å². The lowest BCUT2D eigenvalue weighted by atomic mass is 10.1. The molecule has 1 aromatic rings. The molecule has 0 saturated carbocycles. The number of allylic oxidation sites excluding steroid dienone is 1. The van der Waals surface area contributed by atoms with E-state index < -0.39 is 0 Å². The molecule has 1 aromatic carbocycles. The minimum atomic E-state index is 0.926. The van der Waals surface area contributed by atoms with E-state index in [1.54, 1.807) is 0 Å². The summed E-state index contributed by atoms with van der Waals surface area (Å²) in [4.78, 5) is 3.29. The van der Waals surface area contributed by atoms with Crippen molar-refractivity contribution in [2.75, 3.05) is 13.1 Å². The van der Waals surface area contributed by atoms with Crippen molar-refractivity contribution in [1.82, 2.24) is 4.90 Å². The number of piperidine rings is 1. The average Bonchev–Trinajstić information content (AvgIpc) is 2.38. The summed E-state index contributed by atoms with van der Waals surface area (Å²) < 4.78 is 0. The third-order valence-electron chi connectivity index (χ3n) is 3.16. The minimum Gasteiger partial charge on any atom is -0.377 e. The van der Waals surface area contributed by atoms with E-state index in [9.17, 15) is 0 Å². The lowest BCUT2D eigenvalue weighted by Gasteiger charge is -2.24. The highest BCUT2D eigenvalue weighted by Crippen LogP contribution is 2.10. The normalized spacial score (nSPS) is 16.4. The maximum Gasteiger partial charge on any atom is 0.0463 e. The molecule has 0 spiro atoms. The topological polar surface area (TPSA) is 3.24 Å². The van der Waals surface area contributed by atoms with Gasteiger partial charge in [0.05, 0.1) is 0 Å². The van der Waals surface area contributed by atoms with Gasteiger partial charge in [-0.3, -0.25) is 0 Å². The SMILES string of the molecule is Cc1ccc(C(=S)/C=C/N2CCCCC2)cc1. The second kappa shape index (κ2) is 5.97. The minimum absolute atomic E-state index is 0.926. The Labute approximate surface area is 109 Å². The zero-order valence-corrected chi connectivity index (χ0v) is 11.2. The first-order valence-corrected chi connectivity index (χ1v) is 6.70. The number of thiocarbonyl (C=S) groups is 1. The van der Waals surface area contributed by atoms with Crippen molar-refractivity contribution in [2.45, 2.75) is 26.2 Å². The fourth-order valence-electron chi connectivity index (χ4n) is 2.05. The van der Waals surface area contributed by atoms with Gasteiger partial charge in [0.15, 0.2) is 0 Å². The Kier molecular flexibility index (Phi) is 4.32. The maximum atomic E-state index is 5.42. The summed E-state index contributed by atoms with van der Waals surface area (Å²) in [5.41, 5.74) is 2.41. The Bertz CT molecular complexity index is 399. The van der Waals surface area contributed by atoms with E-state index >= 15 is 0 Å². The predicted molar refractivity (Wildman–Crippen MR) is 77.4 cm³/mol. The molecule has 1 nitrogen and oxygen atoms in total. The van der Waals surface area contributed by atoms with Crippen molar-refractivity contribution in [1.29, 1.82) is 0 Å². The van der Waals surface area contributed by atoms with Gasteiger partial charge in [-0.2, -0.15) is 0 Å². The van der Waals surface area contributed by atoms with Gasteiger partial charge in [-0.15, -0.1) is 0 Å². The van der Waals surface area contributed by atoms with Gasteiger partial charge in [0.2, 0.25) is 0 Å². The highest BCUT2D eigenvalue weighted by atomic mass is 32.1. The lowest BCUT2D eigenvalue weighted by molar-refractivity contribution is 0.310. The first-order valence-electron chi connectivity index (χ1n) is 6.29. The van der Waals surface area contributed by atoms with Gasteiger partial charge >= 0.3 is 0 Å². The number of rotatable bonds is 3. The van der Waals surface area contributed by atoms with E-state index in [1.165, 1.54) is 37.9 Å². The fraction of sp³-hybridized carbons (Fsp3) is 0.400. The van der Waals surface area contributed by atoms with E-state index in [4.69, 9.17) is 12.2 Å². The van der Waals surface area contributed by atoms with Gasteiger partial charge in [0.1, 0.15) is 0 Å². The van der Waals surface area contributed by atoms with Crippen molar-refractivity contribution in [2.24, 2.45) is 0 Å². The van der Waals surface area contributed by atoms with Crippen LogP contribution in [0, 0.1) is 6.92 Å². The summed E-state index contributed by atoms with van der Waals surface area (Å²) in [5.74, 6) is 0. The van der Waals surface area contributed by atoms with Crippen molar-refractivity contribution in [3.8, 4) is 0 Å². The van der Waals surface area contributed by atoms with Crippen LogP contribution in [0.15, 0.2) is 36.5 Å². The number of benzene rings is 1. The largest absolute Gasteiger partial charge is 0.377 e. The summed E-state index contributed by atoms with van der Waals surface area (Å²) in [7, 11) is 0. The zero-order valence-electron chi connectivity index (χ0n) is 10.4. The molecule has 0 unspecified atom stereocenters. The molecule has 2 heteroatoms.